The molecule has 0 amide bonds. The van der Waals surface area contributed by atoms with Gasteiger partial charge >= 0.3 is 0 Å². The Morgan fingerprint density at radius 3 is 1.71 bits per heavy atom. The number of anilines is 1. The minimum Gasteiger partial charge on any atom is -0.393 e. The van der Waals surface area contributed by atoms with E-state index in [1.165, 1.54) is 11.3 Å². The largest absolute Gasteiger partial charge is 0.393 e. The van der Waals surface area contributed by atoms with Crippen molar-refractivity contribution in [3.05, 3.63) is 42.5 Å². The van der Waals surface area contributed by atoms with Gasteiger partial charge in [-0.1, -0.05) is 71.9 Å². The first kappa shape index (κ1) is 18.0. The van der Waals surface area contributed by atoms with Gasteiger partial charge in [0.05, 0.1) is 0 Å². The Morgan fingerprint density at radius 2 is 1.38 bits per heavy atom. The second-order valence-corrected chi connectivity index (χ2v) is 13.0. The predicted molar refractivity (Wildman–Crippen MR) is 99.7 cm³/mol. The summed E-state index contributed by atoms with van der Waals surface area (Å²) in [4.78, 5) is 0. The molecule has 0 saturated heterocycles. The smallest absolute Gasteiger partial charge is 0.164 e. The molecule has 1 aromatic rings. The molecule has 0 aromatic heterocycles. The molecule has 0 aliphatic rings. The maximum Gasteiger partial charge on any atom is 0.164 e. The van der Waals surface area contributed by atoms with Gasteiger partial charge in [-0.05, 0) is 35.7 Å². The quantitative estimate of drug-likeness (QED) is 0.425. The van der Waals surface area contributed by atoms with E-state index in [1.807, 2.05) is 0 Å². The zero-order valence-corrected chi connectivity index (χ0v) is 16.0. The van der Waals surface area contributed by atoms with Gasteiger partial charge in [0.1, 0.15) is 0 Å². The van der Waals surface area contributed by atoms with E-state index in [-0.39, 0.29) is 0 Å². The summed E-state index contributed by atoms with van der Waals surface area (Å²) in [7, 11) is -1.69. The average Bonchev–Trinajstić information content (AvgIpc) is 2.37. The van der Waals surface area contributed by atoms with Crippen molar-refractivity contribution < 1.29 is 0 Å². The highest BCUT2D eigenvalue weighted by molar-refractivity contribution is 6.86. The summed E-state index contributed by atoms with van der Waals surface area (Å²) < 4.78 is 2.73. The third kappa shape index (κ3) is 3.60. The van der Waals surface area contributed by atoms with Crippen LogP contribution >= 0.6 is 0 Å². The van der Waals surface area contributed by atoms with E-state index in [2.05, 4.69) is 89.9 Å². The summed E-state index contributed by atoms with van der Waals surface area (Å²) in [5.74, 6) is 0. The van der Waals surface area contributed by atoms with Crippen LogP contribution < -0.4 is 4.57 Å². The van der Waals surface area contributed by atoms with E-state index in [0.29, 0.717) is 16.6 Å². The number of hydrogen-bond donors (Lipinski definition) is 0. The fraction of sp³-hybridized carbons (Fsp3) is 0.579. The standard InChI is InChI=1S/C19H33NSi/c1-15(2)14-20(19-12-10-9-11-13-19)21(16(3)4,17(5)6)18(7)8/h9-13,16-18H,1,14H2,2-8H3. The average molecular weight is 304 g/mol. The van der Waals surface area contributed by atoms with Gasteiger partial charge in [0.25, 0.3) is 0 Å². The molecule has 0 heterocycles. The predicted octanol–water partition coefficient (Wildman–Crippen LogP) is 6.24. The highest BCUT2D eigenvalue weighted by Crippen LogP contribution is 2.45. The SMILES string of the molecule is C=C(C)CN(c1ccccc1)[Si](C(C)C)(C(C)C)C(C)C. The molecule has 0 aliphatic heterocycles. The van der Waals surface area contributed by atoms with Gasteiger partial charge < -0.3 is 4.57 Å². The summed E-state index contributed by atoms with van der Waals surface area (Å²) in [5, 5.41) is 0. The zero-order valence-electron chi connectivity index (χ0n) is 15.0. The maximum absolute atomic E-state index is 4.19. The minimum absolute atomic E-state index is 0.706. The van der Waals surface area contributed by atoms with Crippen LogP contribution in [0, 0.1) is 0 Å². The lowest BCUT2D eigenvalue weighted by Crippen LogP contribution is -2.61. The second kappa shape index (κ2) is 7.30. The highest BCUT2D eigenvalue weighted by atomic mass is 28.3. The van der Waals surface area contributed by atoms with E-state index >= 15 is 0 Å². The maximum atomic E-state index is 4.19. The first-order valence-corrected chi connectivity index (χ1v) is 10.4. The van der Waals surface area contributed by atoms with E-state index in [9.17, 15) is 0 Å². The molecule has 0 bridgehead atoms. The number of nitrogens with zero attached hydrogens (tertiary/aromatic N) is 1. The van der Waals surface area contributed by atoms with Crippen LogP contribution in [0.2, 0.25) is 16.6 Å². The summed E-state index contributed by atoms with van der Waals surface area (Å²) >= 11 is 0. The zero-order chi connectivity index (χ0) is 16.2. The normalized spacial score (nSPS) is 12.3. The van der Waals surface area contributed by atoms with Crippen LogP contribution in [0.1, 0.15) is 48.5 Å². The molecule has 1 nitrogen and oxygen atoms in total. The van der Waals surface area contributed by atoms with Crippen LogP contribution in [0.5, 0.6) is 0 Å². The molecule has 1 aromatic carbocycles. The molecule has 2 heteroatoms. The molecular formula is C19H33NSi. The van der Waals surface area contributed by atoms with Crippen molar-refractivity contribution in [2.75, 3.05) is 11.1 Å². The van der Waals surface area contributed by atoms with Crippen molar-refractivity contribution >= 4 is 13.9 Å². The van der Waals surface area contributed by atoms with Crippen molar-refractivity contribution in [3.63, 3.8) is 0 Å². The molecule has 21 heavy (non-hydrogen) atoms. The van der Waals surface area contributed by atoms with Crippen LogP contribution in [0.3, 0.4) is 0 Å². The molecule has 0 atom stereocenters. The van der Waals surface area contributed by atoms with Gasteiger partial charge in [0.15, 0.2) is 8.24 Å². The van der Waals surface area contributed by atoms with Crippen LogP contribution in [0.15, 0.2) is 42.5 Å². The van der Waals surface area contributed by atoms with E-state index in [1.54, 1.807) is 0 Å². The van der Waals surface area contributed by atoms with Crippen molar-refractivity contribution in [2.45, 2.75) is 65.1 Å². The monoisotopic (exact) mass is 303 g/mol. The molecule has 0 fully saturated rings. The number of para-hydroxylation sites is 1. The van der Waals surface area contributed by atoms with Crippen LogP contribution in [-0.2, 0) is 0 Å². The molecule has 0 saturated carbocycles. The molecular weight excluding hydrogens is 270 g/mol. The first-order chi connectivity index (χ1) is 9.74. The molecule has 0 N–H and O–H groups in total. The van der Waals surface area contributed by atoms with Gasteiger partial charge in [-0.3, -0.25) is 0 Å². The molecule has 0 unspecified atom stereocenters. The lowest BCUT2D eigenvalue weighted by Gasteiger charge is -2.52. The first-order valence-electron chi connectivity index (χ1n) is 8.21. The van der Waals surface area contributed by atoms with Crippen LogP contribution in [0.4, 0.5) is 5.69 Å². The van der Waals surface area contributed by atoms with E-state index in [0.717, 1.165) is 6.54 Å². The third-order valence-corrected chi connectivity index (χ3v) is 11.6. The summed E-state index contributed by atoms with van der Waals surface area (Å²) in [5.41, 5.74) is 4.73. The van der Waals surface area contributed by atoms with Crippen molar-refractivity contribution in [1.29, 1.82) is 0 Å². The van der Waals surface area contributed by atoms with Gasteiger partial charge in [-0.15, -0.1) is 0 Å². The Bertz CT molecular complexity index is 426. The molecule has 1 rings (SSSR count). The Balaban J connectivity index is 3.47. The lowest BCUT2D eigenvalue weighted by molar-refractivity contribution is 0.779. The van der Waals surface area contributed by atoms with Crippen molar-refractivity contribution in [2.24, 2.45) is 0 Å². The molecule has 118 valence electrons. The second-order valence-electron chi connectivity index (χ2n) is 7.23. The third-order valence-electron chi connectivity index (χ3n) is 4.74. The van der Waals surface area contributed by atoms with Gasteiger partial charge in [0.2, 0.25) is 0 Å². The number of hydrogen-bond acceptors (Lipinski definition) is 1. The molecule has 0 aliphatic carbocycles. The number of benzene rings is 1. The van der Waals surface area contributed by atoms with Crippen LogP contribution in [0.25, 0.3) is 0 Å². The lowest BCUT2D eigenvalue weighted by atomic mass is 10.3. The minimum atomic E-state index is -1.69. The Kier molecular flexibility index (Phi) is 6.27. The molecule has 0 radical (unpaired) electrons. The van der Waals surface area contributed by atoms with Crippen molar-refractivity contribution in [3.8, 4) is 0 Å². The van der Waals surface area contributed by atoms with Gasteiger partial charge in [0, 0.05) is 12.2 Å². The summed E-state index contributed by atoms with van der Waals surface area (Å²) in [6.07, 6.45) is 0. The van der Waals surface area contributed by atoms with E-state index < -0.39 is 8.24 Å². The van der Waals surface area contributed by atoms with Crippen molar-refractivity contribution in [1.82, 2.24) is 0 Å². The van der Waals surface area contributed by atoms with Crippen LogP contribution in [-0.4, -0.2) is 14.8 Å². The fourth-order valence-electron chi connectivity index (χ4n) is 4.26. The van der Waals surface area contributed by atoms with Gasteiger partial charge in [-0.25, -0.2) is 0 Å². The summed E-state index contributed by atoms with van der Waals surface area (Å²) in [6.45, 7) is 21.8. The topological polar surface area (TPSA) is 3.24 Å². The Hall–Kier alpha value is -1.02. The fourth-order valence-corrected chi connectivity index (χ4v) is 11.3. The highest BCUT2D eigenvalue weighted by Gasteiger charge is 2.48. The van der Waals surface area contributed by atoms with E-state index in [4.69, 9.17) is 0 Å². The Morgan fingerprint density at radius 1 is 0.952 bits per heavy atom. The van der Waals surface area contributed by atoms with Gasteiger partial charge in [-0.2, -0.15) is 0 Å². The summed E-state index contributed by atoms with van der Waals surface area (Å²) in [6, 6.07) is 10.9. The Labute approximate surface area is 133 Å². The molecule has 0 spiro atoms. The number of rotatable bonds is 7.